The van der Waals surface area contributed by atoms with E-state index in [1.54, 1.807) is 0 Å². The zero-order chi connectivity index (χ0) is 12.1. The standard InChI is InChI=1S/C10H13ClN2O2S/c1-6-7(2)13-10(9(11)12-6)16-5-4-8(14)15-3/h4-5H2,1-3H3. The van der Waals surface area contributed by atoms with Crippen LogP contribution in [-0.2, 0) is 9.53 Å². The highest BCUT2D eigenvalue weighted by molar-refractivity contribution is 7.99. The molecule has 0 aromatic carbocycles. The summed E-state index contributed by atoms with van der Waals surface area (Å²) in [6.45, 7) is 3.74. The molecule has 0 bridgehead atoms. The van der Waals surface area contributed by atoms with Crippen molar-refractivity contribution in [1.29, 1.82) is 0 Å². The van der Waals surface area contributed by atoms with Crippen molar-refractivity contribution >= 4 is 29.3 Å². The third-order valence-electron chi connectivity index (χ3n) is 2.01. The van der Waals surface area contributed by atoms with Crippen LogP contribution in [0.3, 0.4) is 0 Å². The number of hydrogen-bond acceptors (Lipinski definition) is 5. The number of esters is 1. The van der Waals surface area contributed by atoms with Crippen molar-refractivity contribution in [3.63, 3.8) is 0 Å². The lowest BCUT2D eigenvalue weighted by atomic mass is 10.4. The van der Waals surface area contributed by atoms with E-state index in [1.807, 2.05) is 13.8 Å². The van der Waals surface area contributed by atoms with Crippen LogP contribution >= 0.6 is 23.4 Å². The summed E-state index contributed by atoms with van der Waals surface area (Å²) in [5.74, 6) is 0.351. The molecule has 0 spiro atoms. The van der Waals surface area contributed by atoms with Crippen LogP contribution < -0.4 is 0 Å². The number of aryl methyl sites for hydroxylation is 2. The van der Waals surface area contributed by atoms with E-state index >= 15 is 0 Å². The fourth-order valence-corrected chi connectivity index (χ4v) is 2.14. The molecular formula is C10H13ClN2O2S. The average molecular weight is 261 g/mol. The van der Waals surface area contributed by atoms with E-state index in [0.717, 1.165) is 11.4 Å². The van der Waals surface area contributed by atoms with Gasteiger partial charge in [0.1, 0.15) is 5.03 Å². The summed E-state index contributed by atoms with van der Waals surface area (Å²) in [6, 6.07) is 0. The summed E-state index contributed by atoms with van der Waals surface area (Å²) in [6.07, 6.45) is 0.339. The number of nitrogens with zero attached hydrogens (tertiary/aromatic N) is 2. The number of hydrogen-bond donors (Lipinski definition) is 0. The van der Waals surface area contributed by atoms with E-state index in [4.69, 9.17) is 11.6 Å². The first-order valence-corrected chi connectivity index (χ1v) is 6.11. The van der Waals surface area contributed by atoms with Gasteiger partial charge in [-0.2, -0.15) is 0 Å². The minimum Gasteiger partial charge on any atom is -0.469 e. The Morgan fingerprint density at radius 2 is 2.00 bits per heavy atom. The summed E-state index contributed by atoms with van der Waals surface area (Å²) in [7, 11) is 1.37. The molecule has 0 aliphatic heterocycles. The molecule has 1 aromatic rings. The molecule has 16 heavy (non-hydrogen) atoms. The van der Waals surface area contributed by atoms with Gasteiger partial charge in [-0.3, -0.25) is 4.79 Å². The minimum absolute atomic E-state index is 0.236. The van der Waals surface area contributed by atoms with E-state index in [9.17, 15) is 4.79 Å². The van der Waals surface area contributed by atoms with E-state index in [1.165, 1.54) is 18.9 Å². The van der Waals surface area contributed by atoms with Gasteiger partial charge < -0.3 is 4.74 Å². The lowest BCUT2D eigenvalue weighted by Crippen LogP contribution is -2.02. The molecule has 0 aliphatic carbocycles. The summed E-state index contributed by atoms with van der Waals surface area (Å²) in [5, 5.41) is 1.05. The van der Waals surface area contributed by atoms with E-state index in [-0.39, 0.29) is 5.97 Å². The van der Waals surface area contributed by atoms with Crippen LogP contribution in [0.25, 0.3) is 0 Å². The number of rotatable bonds is 4. The fraction of sp³-hybridized carbons (Fsp3) is 0.500. The van der Waals surface area contributed by atoms with Crippen LogP contribution in [0.5, 0.6) is 0 Å². The van der Waals surface area contributed by atoms with Gasteiger partial charge in [0.05, 0.1) is 24.9 Å². The van der Waals surface area contributed by atoms with Crippen LogP contribution in [0.4, 0.5) is 0 Å². The SMILES string of the molecule is COC(=O)CCSc1nc(C)c(C)nc1Cl. The number of ether oxygens (including phenoxy) is 1. The van der Waals surface area contributed by atoms with Gasteiger partial charge in [-0.1, -0.05) is 11.6 Å². The molecule has 0 saturated carbocycles. The van der Waals surface area contributed by atoms with Crippen molar-refractivity contribution in [1.82, 2.24) is 9.97 Å². The molecule has 1 aromatic heterocycles. The van der Waals surface area contributed by atoms with Crippen molar-refractivity contribution in [2.75, 3.05) is 12.9 Å². The summed E-state index contributed by atoms with van der Waals surface area (Å²) in [4.78, 5) is 19.4. The fourth-order valence-electron chi connectivity index (χ4n) is 0.980. The van der Waals surface area contributed by atoms with Gasteiger partial charge in [0.2, 0.25) is 0 Å². The first kappa shape index (κ1) is 13.3. The van der Waals surface area contributed by atoms with Crippen LogP contribution in [0, 0.1) is 13.8 Å². The number of carbonyl (C=O) groups excluding carboxylic acids is 1. The second-order valence-electron chi connectivity index (χ2n) is 3.16. The van der Waals surface area contributed by atoms with Crippen molar-refractivity contribution in [2.45, 2.75) is 25.3 Å². The highest BCUT2D eigenvalue weighted by Gasteiger charge is 2.08. The summed E-state index contributed by atoms with van der Waals surface area (Å²) < 4.78 is 4.54. The topological polar surface area (TPSA) is 52.1 Å². The zero-order valence-electron chi connectivity index (χ0n) is 9.41. The van der Waals surface area contributed by atoms with Gasteiger partial charge in [0.15, 0.2) is 5.15 Å². The second kappa shape index (κ2) is 6.06. The van der Waals surface area contributed by atoms with Crippen LogP contribution in [-0.4, -0.2) is 28.8 Å². The molecule has 6 heteroatoms. The van der Waals surface area contributed by atoms with E-state index < -0.39 is 0 Å². The monoisotopic (exact) mass is 260 g/mol. The molecular weight excluding hydrogens is 248 g/mol. The molecule has 0 atom stereocenters. The Morgan fingerprint density at radius 3 is 2.62 bits per heavy atom. The van der Waals surface area contributed by atoms with Gasteiger partial charge >= 0.3 is 5.97 Å². The third kappa shape index (κ3) is 3.64. The average Bonchev–Trinajstić information content (AvgIpc) is 2.25. The van der Waals surface area contributed by atoms with Gasteiger partial charge in [-0.25, -0.2) is 9.97 Å². The highest BCUT2D eigenvalue weighted by atomic mass is 35.5. The molecule has 0 unspecified atom stereocenters. The molecule has 1 rings (SSSR count). The molecule has 88 valence electrons. The molecule has 0 amide bonds. The molecule has 0 saturated heterocycles. The lowest BCUT2D eigenvalue weighted by molar-refractivity contribution is -0.140. The Labute approximate surface area is 104 Å². The maximum Gasteiger partial charge on any atom is 0.306 e. The lowest BCUT2D eigenvalue weighted by Gasteiger charge is -2.05. The number of carbonyl (C=O) groups is 1. The van der Waals surface area contributed by atoms with E-state index in [0.29, 0.717) is 22.4 Å². The third-order valence-corrected chi connectivity index (χ3v) is 3.35. The van der Waals surface area contributed by atoms with Crippen LogP contribution in [0.1, 0.15) is 17.8 Å². The molecule has 4 nitrogen and oxygen atoms in total. The highest BCUT2D eigenvalue weighted by Crippen LogP contribution is 2.24. The minimum atomic E-state index is -0.236. The van der Waals surface area contributed by atoms with Crippen LogP contribution in [0.15, 0.2) is 5.03 Å². The van der Waals surface area contributed by atoms with Crippen molar-refractivity contribution < 1.29 is 9.53 Å². The summed E-state index contributed by atoms with van der Waals surface area (Å²) >= 11 is 7.35. The second-order valence-corrected chi connectivity index (χ2v) is 4.61. The molecule has 0 radical (unpaired) electrons. The van der Waals surface area contributed by atoms with Crippen LogP contribution in [0.2, 0.25) is 5.15 Å². The van der Waals surface area contributed by atoms with Crippen molar-refractivity contribution in [3.8, 4) is 0 Å². The number of thioether (sulfide) groups is 1. The predicted octanol–water partition coefficient (Wildman–Crippen LogP) is 2.40. The Balaban J connectivity index is 2.60. The van der Waals surface area contributed by atoms with Gasteiger partial charge in [-0.05, 0) is 13.8 Å². The Morgan fingerprint density at radius 1 is 1.38 bits per heavy atom. The zero-order valence-corrected chi connectivity index (χ0v) is 11.0. The maximum absolute atomic E-state index is 10.9. The first-order chi connectivity index (χ1) is 7.54. The molecule has 0 N–H and O–H groups in total. The molecule has 0 aliphatic rings. The quantitative estimate of drug-likeness (QED) is 0.615. The largest absolute Gasteiger partial charge is 0.469 e. The van der Waals surface area contributed by atoms with Gasteiger partial charge in [-0.15, -0.1) is 11.8 Å². The molecule has 0 fully saturated rings. The molecule has 1 heterocycles. The maximum atomic E-state index is 10.9. The normalized spacial score (nSPS) is 10.2. The number of aromatic nitrogens is 2. The number of halogens is 1. The smallest absolute Gasteiger partial charge is 0.306 e. The van der Waals surface area contributed by atoms with Gasteiger partial charge in [0.25, 0.3) is 0 Å². The van der Waals surface area contributed by atoms with Crippen molar-refractivity contribution in [3.05, 3.63) is 16.5 Å². The predicted molar refractivity (Wildman–Crippen MR) is 63.9 cm³/mol. The van der Waals surface area contributed by atoms with E-state index in [2.05, 4.69) is 14.7 Å². The number of methoxy groups -OCH3 is 1. The summed E-state index contributed by atoms with van der Waals surface area (Å²) in [5.41, 5.74) is 1.67. The van der Waals surface area contributed by atoms with Crippen molar-refractivity contribution in [2.24, 2.45) is 0 Å². The first-order valence-electron chi connectivity index (χ1n) is 4.75. The Hall–Kier alpha value is -0.810. The Bertz CT molecular complexity index is 399. The Kier molecular flexibility index (Phi) is 5.02. The van der Waals surface area contributed by atoms with Gasteiger partial charge in [0, 0.05) is 5.75 Å².